The van der Waals surface area contributed by atoms with Crippen LogP contribution in [0.15, 0.2) is 34.1 Å². The Bertz CT molecular complexity index is 864. The number of benzene rings is 1. The summed E-state index contributed by atoms with van der Waals surface area (Å²) in [6, 6.07) is 5.37. The highest BCUT2D eigenvalue weighted by molar-refractivity contribution is 7.89. The van der Waals surface area contributed by atoms with Gasteiger partial charge in [-0.15, -0.1) is 0 Å². The first-order valence-corrected chi connectivity index (χ1v) is 12.1. The molecule has 2 N–H and O–H groups in total. The number of sulfonamides is 2. The van der Waals surface area contributed by atoms with Gasteiger partial charge < -0.3 is 5.11 Å². The third-order valence-electron chi connectivity index (χ3n) is 4.90. The molecule has 0 spiro atoms. The van der Waals surface area contributed by atoms with Gasteiger partial charge in [-0.3, -0.25) is 4.90 Å². The Morgan fingerprint density at radius 3 is 2.22 bits per heavy atom. The van der Waals surface area contributed by atoms with Gasteiger partial charge in [0.05, 0.1) is 15.9 Å². The number of nitrogens with one attached hydrogen (secondary N) is 1. The average Bonchev–Trinajstić information content (AvgIpc) is 3.39. The second kappa shape index (κ2) is 7.76. The van der Waals surface area contributed by atoms with Crippen LogP contribution < -0.4 is 4.72 Å². The van der Waals surface area contributed by atoms with E-state index in [1.807, 2.05) is 6.92 Å². The fourth-order valence-electron chi connectivity index (χ4n) is 3.22. The van der Waals surface area contributed by atoms with Crippen molar-refractivity contribution in [3.63, 3.8) is 0 Å². The Morgan fingerprint density at radius 2 is 1.70 bits per heavy atom. The zero-order valence-electron chi connectivity index (χ0n) is 15.6. The smallest absolute Gasteiger partial charge is 0.243 e. The first kappa shape index (κ1) is 20.7. The van der Waals surface area contributed by atoms with E-state index in [2.05, 4.69) is 9.62 Å². The summed E-state index contributed by atoms with van der Waals surface area (Å²) in [5, 5.41) is 9.55. The van der Waals surface area contributed by atoms with Crippen molar-refractivity contribution < 1.29 is 21.9 Å². The Morgan fingerprint density at radius 1 is 1.11 bits per heavy atom. The SMILES string of the molecule is C[C@H](O)CN1CCN(S(=O)(=O)c2ccc(S(=O)(=O)NC3CC3)cc2)C[C@@H]1C. The van der Waals surface area contributed by atoms with Gasteiger partial charge in [-0.05, 0) is 51.0 Å². The lowest BCUT2D eigenvalue weighted by molar-refractivity contribution is 0.0699. The molecule has 8 nitrogen and oxygen atoms in total. The van der Waals surface area contributed by atoms with Crippen LogP contribution in [0.25, 0.3) is 0 Å². The molecular formula is C17H27N3O5S2. The van der Waals surface area contributed by atoms with Crippen LogP contribution in [0.5, 0.6) is 0 Å². The number of piperazine rings is 1. The van der Waals surface area contributed by atoms with Gasteiger partial charge in [0.15, 0.2) is 0 Å². The normalized spacial score (nSPS) is 24.0. The molecule has 1 heterocycles. The maximum Gasteiger partial charge on any atom is 0.243 e. The van der Waals surface area contributed by atoms with Crippen molar-refractivity contribution in [1.29, 1.82) is 0 Å². The van der Waals surface area contributed by atoms with Gasteiger partial charge in [0, 0.05) is 38.3 Å². The number of hydrogen-bond donors (Lipinski definition) is 2. The fourth-order valence-corrected chi connectivity index (χ4v) is 6.04. The minimum Gasteiger partial charge on any atom is -0.392 e. The predicted octanol–water partition coefficient (Wildman–Crippen LogP) is 0.203. The molecule has 3 rings (SSSR count). The molecule has 0 amide bonds. The molecule has 0 bridgehead atoms. The van der Waals surface area contributed by atoms with E-state index in [1.165, 1.54) is 28.6 Å². The molecule has 27 heavy (non-hydrogen) atoms. The van der Waals surface area contributed by atoms with Gasteiger partial charge in [-0.25, -0.2) is 21.6 Å². The van der Waals surface area contributed by atoms with Crippen molar-refractivity contribution >= 4 is 20.0 Å². The summed E-state index contributed by atoms with van der Waals surface area (Å²) < 4.78 is 54.2. The number of rotatable bonds is 7. The van der Waals surface area contributed by atoms with E-state index < -0.39 is 26.2 Å². The quantitative estimate of drug-likeness (QED) is 0.657. The van der Waals surface area contributed by atoms with Crippen LogP contribution >= 0.6 is 0 Å². The largest absolute Gasteiger partial charge is 0.392 e. The second-order valence-electron chi connectivity index (χ2n) is 7.42. The van der Waals surface area contributed by atoms with Gasteiger partial charge >= 0.3 is 0 Å². The minimum absolute atomic E-state index is 0.00201. The van der Waals surface area contributed by atoms with E-state index in [4.69, 9.17) is 0 Å². The fraction of sp³-hybridized carbons (Fsp3) is 0.647. The van der Waals surface area contributed by atoms with Crippen LogP contribution in [0.2, 0.25) is 0 Å². The number of β-amino-alcohol motifs (C(OH)–C–C–N with tert-alkyl or cyclic N) is 1. The van der Waals surface area contributed by atoms with Gasteiger partial charge in [0.2, 0.25) is 20.0 Å². The molecule has 2 aliphatic rings. The zero-order valence-corrected chi connectivity index (χ0v) is 17.2. The third-order valence-corrected chi connectivity index (χ3v) is 8.31. The summed E-state index contributed by atoms with van der Waals surface area (Å²) in [5.74, 6) is 0. The number of nitrogens with zero attached hydrogens (tertiary/aromatic N) is 2. The average molecular weight is 418 g/mol. The molecular weight excluding hydrogens is 390 g/mol. The molecule has 2 atom stereocenters. The van der Waals surface area contributed by atoms with Crippen molar-refractivity contribution in [3.05, 3.63) is 24.3 Å². The summed E-state index contributed by atoms with van der Waals surface area (Å²) in [6.07, 6.45) is 1.21. The minimum atomic E-state index is -3.69. The van der Waals surface area contributed by atoms with Gasteiger partial charge in [-0.1, -0.05) is 0 Å². The molecule has 0 radical (unpaired) electrons. The molecule has 152 valence electrons. The molecule has 1 saturated heterocycles. The van der Waals surface area contributed by atoms with E-state index in [0.717, 1.165) is 12.8 Å². The first-order valence-electron chi connectivity index (χ1n) is 9.14. The summed E-state index contributed by atoms with van der Waals surface area (Å²) in [4.78, 5) is 2.23. The zero-order chi connectivity index (χ0) is 19.8. The van der Waals surface area contributed by atoms with E-state index >= 15 is 0 Å². The van der Waals surface area contributed by atoms with Crippen molar-refractivity contribution in [2.45, 2.75) is 54.7 Å². The van der Waals surface area contributed by atoms with Crippen LogP contribution in [-0.2, 0) is 20.0 Å². The molecule has 1 aromatic rings. The molecule has 10 heteroatoms. The van der Waals surface area contributed by atoms with Gasteiger partial charge in [0.1, 0.15) is 0 Å². The summed E-state index contributed by atoms with van der Waals surface area (Å²) >= 11 is 0. The number of hydrogen-bond acceptors (Lipinski definition) is 6. The molecule has 1 aliphatic carbocycles. The first-order chi connectivity index (χ1) is 12.6. The number of aliphatic hydroxyl groups is 1. The lowest BCUT2D eigenvalue weighted by Gasteiger charge is -2.39. The van der Waals surface area contributed by atoms with Crippen LogP contribution in [0.3, 0.4) is 0 Å². The van der Waals surface area contributed by atoms with Crippen molar-refractivity contribution in [3.8, 4) is 0 Å². The van der Waals surface area contributed by atoms with Crippen LogP contribution in [0.1, 0.15) is 26.7 Å². The highest BCUT2D eigenvalue weighted by atomic mass is 32.2. The van der Waals surface area contributed by atoms with Crippen LogP contribution in [-0.4, -0.2) is 75.5 Å². The molecule has 2 fully saturated rings. The lowest BCUT2D eigenvalue weighted by atomic mass is 10.2. The second-order valence-corrected chi connectivity index (χ2v) is 11.1. The summed E-state index contributed by atoms with van der Waals surface area (Å²) in [5.41, 5.74) is 0. The molecule has 0 unspecified atom stereocenters. The Kier molecular flexibility index (Phi) is 5.95. The maximum atomic E-state index is 12.9. The Hall–Kier alpha value is -1.04. The van der Waals surface area contributed by atoms with Crippen molar-refractivity contribution in [1.82, 2.24) is 13.9 Å². The summed E-state index contributed by atoms with van der Waals surface area (Å²) in [7, 11) is -7.29. The third kappa shape index (κ3) is 4.87. The van der Waals surface area contributed by atoms with E-state index in [9.17, 15) is 21.9 Å². The lowest BCUT2D eigenvalue weighted by Crippen LogP contribution is -2.54. The summed E-state index contributed by atoms with van der Waals surface area (Å²) in [6.45, 7) is 5.37. The molecule has 1 aromatic carbocycles. The van der Waals surface area contributed by atoms with E-state index in [1.54, 1.807) is 6.92 Å². The van der Waals surface area contributed by atoms with E-state index in [0.29, 0.717) is 26.2 Å². The van der Waals surface area contributed by atoms with Crippen molar-refractivity contribution in [2.24, 2.45) is 0 Å². The highest BCUT2D eigenvalue weighted by Gasteiger charge is 2.33. The highest BCUT2D eigenvalue weighted by Crippen LogP contribution is 2.24. The monoisotopic (exact) mass is 417 g/mol. The van der Waals surface area contributed by atoms with E-state index in [-0.39, 0.29) is 21.9 Å². The topological polar surface area (TPSA) is 107 Å². The van der Waals surface area contributed by atoms with Gasteiger partial charge in [0.25, 0.3) is 0 Å². The Labute approximate surface area is 161 Å². The maximum absolute atomic E-state index is 12.9. The standard InChI is InChI=1S/C17H27N3O5S2/c1-13-11-20(10-9-19(13)12-14(2)21)27(24,25)17-7-5-16(6-8-17)26(22,23)18-15-3-4-15/h5-8,13-15,18,21H,3-4,9-12H2,1-2H3/t13-,14-/m0/s1. The molecule has 1 saturated carbocycles. The number of aliphatic hydroxyl groups excluding tert-OH is 1. The van der Waals surface area contributed by atoms with Crippen LogP contribution in [0, 0.1) is 0 Å². The molecule has 0 aromatic heterocycles. The van der Waals surface area contributed by atoms with Crippen molar-refractivity contribution in [2.75, 3.05) is 26.2 Å². The predicted molar refractivity (Wildman–Crippen MR) is 101 cm³/mol. The molecule has 1 aliphatic heterocycles. The van der Waals surface area contributed by atoms with Crippen LogP contribution in [0.4, 0.5) is 0 Å². The van der Waals surface area contributed by atoms with Gasteiger partial charge in [-0.2, -0.15) is 4.31 Å². The Balaban J connectivity index is 1.71.